The Morgan fingerprint density at radius 1 is 1.33 bits per heavy atom. The highest BCUT2D eigenvalue weighted by Crippen LogP contribution is 2.21. The Hall–Kier alpha value is -3.53. The van der Waals surface area contributed by atoms with Gasteiger partial charge in [0.2, 0.25) is 12.3 Å². The Bertz CT molecular complexity index is 971. The van der Waals surface area contributed by atoms with Crippen molar-refractivity contribution in [3.05, 3.63) is 71.9 Å². The van der Waals surface area contributed by atoms with Crippen LogP contribution in [0.25, 0.3) is 0 Å². The quantitative estimate of drug-likeness (QED) is 0.374. The molecule has 0 saturated carbocycles. The molecule has 196 valence electrons. The van der Waals surface area contributed by atoms with E-state index in [1.54, 1.807) is 37.2 Å². The van der Waals surface area contributed by atoms with Gasteiger partial charge in [-0.2, -0.15) is 0 Å². The van der Waals surface area contributed by atoms with E-state index in [0.717, 1.165) is 5.57 Å². The summed E-state index contributed by atoms with van der Waals surface area (Å²) in [6.07, 6.45) is 10.8. The molecule has 1 aliphatic carbocycles. The van der Waals surface area contributed by atoms with Crippen molar-refractivity contribution in [1.29, 1.82) is 0 Å². The molecule has 2 atom stereocenters. The number of urea groups is 1. The van der Waals surface area contributed by atoms with Crippen molar-refractivity contribution in [1.82, 2.24) is 25.6 Å². The van der Waals surface area contributed by atoms with E-state index in [0.29, 0.717) is 18.4 Å². The number of allylic oxidation sites excluding steroid dienone is 7. The molecule has 10 heteroatoms. The summed E-state index contributed by atoms with van der Waals surface area (Å²) in [6, 6.07) is -0.468. The minimum absolute atomic E-state index is 0.0228. The number of carbonyl (C=O) groups excluding carboxylic acids is 3. The van der Waals surface area contributed by atoms with E-state index in [-0.39, 0.29) is 37.7 Å². The van der Waals surface area contributed by atoms with Gasteiger partial charge in [-0.05, 0) is 30.6 Å². The Kier molecular flexibility index (Phi) is 11.3. The van der Waals surface area contributed by atoms with Gasteiger partial charge in [0.15, 0.2) is 0 Å². The lowest BCUT2D eigenvalue weighted by Crippen LogP contribution is -2.65. The summed E-state index contributed by atoms with van der Waals surface area (Å²) in [6.45, 7) is 7.85. The molecular weight excluding hydrogens is 468 g/mol. The highest BCUT2D eigenvalue weighted by atomic mass is 19.3. The number of nitrogens with zero attached hydrogens (tertiary/aromatic N) is 3. The van der Waals surface area contributed by atoms with Crippen molar-refractivity contribution in [2.45, 2.75) is 32.9 Å². The van der Waals surface area contributed by atoms with Gasteiger partial charge in [-0.1, -0.05) is 56.0 Å². The number of rotatable bonds is 9. The van der Waals surface area contributed by atoms with Crippen LogP contribution in [0.4, 0.5) is 13.6 Å². The second-order valence-electron chi connectivity index (χ2n) is 8.60. The lowest BCUT2D eigenvalue weighted by atomic mass is 10.1. The lowest BCUT2D eigenvalue weighted by Gasteiger charge is -2.43. The maximum atomic E-state index is 13.3. The Morgan fingerprint density at radius 2 is 2.08 bits per heavy atom. The third kappa shape index (κ3) is 8.01. The molecule has 36 heavy (non-hydrogen) atoms. The van der Waals surface area contributed by atoms with Crippen LogP contribution in [-0.2, 0) is 9.59 Å². The van der Waals surface area contributed by atoms with Gasteiger partial charge in [0.25, 0.3) is 6.43 Å². The summed E-state index contributed by atoms with van der Waals surface area (Å²) >= 11 is 0. The van der Waals surface area contributed by atoms with Crippen LogP contribution >= 0.6 is 0 Å². The molecule has 2 rings (SSSR count). The first-order valence-electron chi connectivity index (χ1n) is 11.8. The van der Waals surface area contributed by atoms with Gasteiger partial charge in [-0.15, -0.1) is 0 Å². The number of alkyl halides is 2. The van der Waals surface area contributed by atoms with Crippen LogP contribution in [0.15, 0.2) is 71.9 Å². The van der Waals surface area contributed by atoms with E-state index in [1.165, 1.54) is 22.1 Å². The molecular formula is C26H35F2N5O3. The molecule has 1 heterocycles. The maximum absolute atomic E-state index is 13.3. The Morgan fingerprint density at radius 3 is 2.72 bits per heavy atom. The zero-order valence-electron chi connectivity index (χ0n) is 21.0. The largest absolute Gasteiger partial charge is 0.336 e. The van der Waals surface area contributed by atoms with Crippen molar-refractivity contribution in [2.24, 2.45) is 5.92 Å². The second-order valence-corrected chi connectivity index (χ2v) is 8.60. The van der Waals surface area contributed by atoms with Crippen LogP contribution in [0.2, 0.25) is 0 Å². The van der Waals surface area contributed by atoms with Crippen LogP contribution in [0.5, 0.6) is 0 Å². The summed E-state index contributed by atoms with van der Waals surface area (Å²) in [5, 5.41) is 8.42. The molecule has 4 amide bonds. The van der Waals surface area contributed by atoms with Crippen molar-refractivity contribution < 1.29 is 23.2 Å². The van der Waals surface area contributed by atoms with Gasteiger partial charge in [0.05, 0.1) is 6.54 Å². The molecule has 8 nitrogen and oxygen atoms in total. The highest BCUT2D eigenvalue weighted by Gasteiger charge is 2.36. The summed E-state index contributed by atoms with van der Waals surface area (Å²) < 4.78 is 26.7. The number of hydrazine groups is 1. The fraction of sp³-hybridized carbons (Fsp3) is 0.423. The van der Waals surface area contributed by atoms with Gasteiger partial charge in [-0.3, -0.25) is 9.59 Å². The third-order valence-electron chi connectivity index (χ3n) is 5.81. The molecule has 0 bridgehead atoms. The van der Waals surface area contributed by atoms with Gasteiger partial charge in [-0.25, -0.2) is 23.6 Å². The number of nitrogens with one attached hydrogen (secondary N) is 2. The predicted octanol–water partition coefficient (Wildman–Crippen LogP) is 3.16. The fourth-order valence-electron chi connectivity index (χ4n) is 4.02. The summed E-state index contributed by atoms with van der Waals surface area (Å²) in [7, 11) is 1.67. The van der Waals surface area contributed by atoms with E-state index < -0.39 is 24.5 Å². The predicted molar refractivity (Wildman–Crippen MR) is 136 cm³/mol. The molecule has 0 radical (unpaired) electrons. The Labute approximate surface area is 211 Å². The van der Waals surface area contributed by atoms with E-state index in [9.17, 15) is 23.2 Å². The average Bonchev–Trinajstić information content (AvgIpc) is 3.08. The van der Waals surface area contributed by atoms with Crippen LogP contribution < -0.4 is 10.6 Å². The number of hydrogen-bond donors (Lipinski definition) is 2. The van der Waals surface area contributed by atoms with Crippen LogP contribution in [0.1, 0.15) is 20.3 Å². The SMILES string of the molecule is C=C/C(=C\C=C/C)CNC(=O)N1C(NC=O)CN(CC2=CCC=CC(C(F)F)=C2)C(=O)[C@H](C)CN1C. The van der Waals surface area contributed by atoms with E-state index in [2.05, 4.69) is 17.2 Å². The normalized spacial score (nSPS) is 22.1. The highest BCUT2D eigenvalue weighted by molar-refractivity contribution is 5.80. The van der Waals surface area contributed by atoms with Gasteiger partial charge in [0, 0.05) is 38.2 Å². The summed E-state index contributed by atoms with van der Waals surface area (Å²) in [4.78, 5) is 39.4. The molecule has 0 aromatic rings. The number of carbonyl (C=O) groups is 3. The molecule has 1 unspecified atom stereocenters. The van der Waals surface area contributed by atoms with Gasteiger partial charge >= 0.3 is 6.03 Å². The van der Waals surface area contributed by atoms with E-state index >= 15 is 0 Å². The molecule has 0 aromatic heterocycles. The van der Waals surface area contributed by atoms with E-state index in [4.69, 9.17) is 0 Å². The van der Waals surface area contributed by atoms with Crippen LogP contribution in [0, 0.1) is 5.92 Å². The van der Waals surface area contributed by atoms with Gasteiger partial charge in [0.1, 0.15) is 6.17 Å². The standard InChI is InChI=1S/C26H35F2N5O3/c1-5-7-10-20(6-2)14-29-26(36)33-23(30-18-34)17-32(25(35)19(3)15-31(33)4)16-21-11-8-9-12-22(13-21)24(27)28/h5-7,9-13,18-19,23-24H,2,8,14-17H2,1,3-4H3,(H,29,36)(H,30,34)/b7-5-,20-10+/t19-,23?/m1/s1. The zero-order valence-corrected chi connectivity index (χ0v) is 21.0. The van der Waals surface area contributed by atoms with Crippen LogP contribution in [0.3, 0.4) is 0 Å². The third-order valence-corrected chi connectivity index (χ3v) is 5.81. The van der Waals surface area contributed by atoms with Crippen molar-refractivity contribution in [3.63, 3.8) is 0 Å². The zero-order chi connectivity index (χ0) is 26.7. The summed E-state index contributed by atoms with van der Waals surface area (Å²) in [5.74, 6) is -0.684. The second kappa shape index (κ2) is 14.1. The molecule has 2 N–H and O–H groups in total. The fourth-order valence-corrected chi connectivity index (χ4v) is 4.02. The first-order chi connectivity index (χ1) is 17.2. The molecule has 0 spiro atoms. The van der Waals surface area contributed by atoms with Crippen molar-refractivity contribution in [2.75, 3.05) is 33.2 Å². The van der Waals surface area contributed by atoms with Crippen molar-refractivity contribution in [3.8, 4) is 0 Å². The first-order valence-corrected chi connectivity index (χ1v) is 11.8. The summed E-state index contributed by atoms with van der Waals surface area (Å²) in [5.41, 5.74) is 1.23. The first kappa shape index (κ1) is 28.7. The van der Waals surface area contributed by atoms with Gasteiger partial charge < -0.3 is 15.5 Å². The average molecular weight is 504 g/mol. The molecule has 1 saturated heterocycles. The Balaban J connectivity index is 2.30. The maximum Gasteiger partial charge on any atom is 0.334 e. The van der Waals surface area contributed by atoms with E-state index in [1.807, 2.05) is 25.2 Å². The monoisotopic (exact) mass is 503 g/mol. The smallest absolute Gasteiger partial charge is 0.334 e. The molecule has 1 aliphatic heterocycles. The number of halogens is 2. The molecule has 1 fully saturated rings. The minimum Gasteiger partial charge on any atom is -0.336 e. The number of amides is 4. The molecule has 2 aliphatic rings. The van der Waals surface area contributed by atoms with Crippen LogP contribution in [-0.4, -0.2) is 79.1 Å². The lowest BCUT2D eigenvalue weighted by molar-refractivity contribution is -0.143. The number of hydrogen-bond acceptors (Lipinski definition) is 4. The minimum atomic E-state index is -2.63. The molecule has 0 aromatic carbocycles. The topological polar surface area (TPSA) is 85.0 Å². The van der Waals surface area contributed by atoms with Crippen molar-refractivity contribution >= 4 is 18.3 Å².